The van der Waals surface area contributed by atoms with Gasteiger partial charge in [-0.25, -0.2) is 4.79 Å². The van der Waals surface area contributed by atoms with E-state index in [4.69, 9.17) is 4.74 Å². The van der Waals surface area contributed by atoms with Gasteiger partial charge in [0.15, 0.2) is 0 Å². The molecule has 1 unspecified atom stereocenters. The highest BCUT2D eigenvalue weighted by molar-refractivity contribution is 5.96. The molecule has 1 saturated heterocycles. The molecule has 0 aliphatic carbocycles. The van der Waals surface area contributed by atoms with E-state index in [1.165, 1.54) is 12.0 Å². The number of fused-ring (bicyclic) bond motifs is 1. The summed E-state index contributed by atoms with van der Waals surface area (Å²) in [6.07, 6.45) is 2.40. The van der Waals surface area contributed by atoms with Crippen LogP contribution in [0.3, 0.4) is 0 Å². The molecule has 0 aromatic heterocycles. The third-order valence-electron chi connectivity index (χ3n) is 2.33. The molecule has 76 valence electrons. The van der Waals surface area contributed by atoms with Crippen molar-refractivity contribution >= 4 is 11.9 Å². The summed E-state index contributed by atoms with van der Waals surface area (Å²) in [5, 5.41) is 0. The second kappa shape index (κ2) is 3.42. The molecule has 0 N–H and O–H groups in total. The zero-order valence-electron chi connectivity index (χ0n) is 7.86. The number of rotatable bonds is 1. The molecule has 2 aliphatic rings. The van der Waals surface area contributed by atoms with Crippen LogP contribution in [0.25, 0.3) is 0 Å². The van der Waals surface area contributed by atoms with Crippen molar-refractivity contribution in [1.29, 1.82) is 0 Å². The molecule has 0 saturated carbocycles. The average Bonchev–Trinajstić information content (AvgIpc) is 2.35. The van der Waals surface area contributed by atoms with E-state index in [1.54, 1.807) is 6.08 Å². The summed E-state index contributed by atoms with van der Waals surface area (Å²) in [5.41, 5.74) is 0.311. The molecular weight excluding hydrogens is 186 g/mol. The van der Waals surface area contributed by atoms with Crippen LogP contribution < -0.4 is 0 Å². The first-order valence-electron chi connectivity index (χ1n) is 4.46. The minimum absolute atomic E-state index is 0.0893. The first-order valence-corrected chi connectivity index (χ1v) is 4.46. The third kappa shape index (κ3) is 1.29. The first kappa shape index (κ1) is 9.21. The molecule has 5 heteroatoms. The molecule has 5 nitrogen and oxygen atoms in total. The number of hydrogen-bond acceptors (Lipinski definition) is 4. The predicted molar refractivity (Wildman–Crippen MR) is 45.9 cm³/mol. The van der Waals surface area contributed by atoms with Crippen molar-refractivity contribution in [2.45, 2.75) is 19.1 Å². The molecular formula is C9H11NO4. The van der Waals surface area contributed by atoms with Gasteiger partial charge >= 0.3 is 5.97 Å². The summed E-state index contributed by atoms with van der Waals surface area (Å²) < 4.78 is 9.93. The van der Waals surface area contributed by atoms with Crippen LogP contribution in [0, 0.1) is 0 Å². The van der Waals surface area contributed by atoms with Gasteiger partial charge in [-0.15, -0.1) is 0 Å². The molecule has 0 radical (unpaired) electrons. The highest BCUT2D eigenvalue weighted by Gasteiger charge is 2.42. The van der Waals surface area contributed by atoms with Gasteiger partial charge in [-0.05, 0) is 6.42 Å². The maximum absolute atomic E-state index is 11.3. The normalized spacial score (nSPS) is 25.8. The molecule has 1 atom stereocenters. The van der Waals surface area contributed by atoms with Crippen molar-refractivity contribution in [2.75, 3.05) is 13.7 Å². The lowest BCUT2D eigenvalue weighted by Gasteiger charge is -2.38. The minimum atomic E-state index is -0.478. The van der Waals surface area contributed by atoms with E-state index < -0.39 is 5.97 Å². The van der Waals surface area contributed by atoms with Gasteiger partial charge in [0.1, 0.15) is 11.9 Å². The number of nitrogens with zero attached hydrogens (tertiary/aromatic N) is 1. The highest BCUT2D eigenvalue weighted by atomic mass is 16.5. The maximum Gasteiger partial charge on any atom is 0.354 e. The van der Waals surface area contributed by atoms with Gasteiger partial charge in [0.05, 0.1) is 20.1 Å². The Labute approximate surface area is 81.3 Å². The summed E-state index contributed by atoms with van der Waals surface area (Å²) in [5.74, 6) is -0.567. The molecule has 1 amide bonds. The molecule has 14 heavy (non-hydrogen) atoms. The fourth-order valence-corrected chi connectivity index (χ4v) is 1.59. The molecule has 0 spiro atoms. The molecule has 2 heterocycles. The maximum atomic E-state index is 11.3. The van der Waals surface area contributed by atoms with Crippen molar-refractivity contribution in [3.05, 3.63) is 11.8 Å². The van der Waals surface area contributed by atoms with Crippen molar-refractivity contribution < 1.29 is 19.1 Å². The van der Waals surface area contributed by atoms with Crippen LogP contribution in [-0.4, -0.2) is 36.7 Å². The van der Waals surface area contributed by atoms with E-state index in [1.807, 2.05) is 0 Å². The van der Waals surface area contributed by atoms with Crippen LogP contribution in [0.1, 0.15) is 12.8 Å². The summed E-state index contributed by atoms with van der Waals surface area (Å²) in [7, 11) is 1.30. The Morgan fingerprint density at radius 1 is 1.71 bits per heavy atom. The molecule has 0 bridgehead atoms. The van der Waals surface area contributed by atoms with Gasteiger partial charge in [0, 0.05) is 0 Å². The van der Waals surface area contributed by atoms with Gasteiger partial charge in [-0.2, -0.15) is 0 Å². The molecule has 2 rings (SSSR count). The third-order valence-corrected chi connectivity index (χ3v) is 2.33. The van der Waals surface area contributed by atoms with Gasteiger partial charge in [-0.3, -0.25) is 9.69 Å². The van der Waals surface area contributed by atoms with E-state index in [0.29, 0.717) is 25.1 Å². The Morgan fingerprint density at radius 3 is 3.14 bits per heavy atom. The van der Waals surface area contributed by atoms with Gasteiger partial charge in [0.25, 0.3) is 0 Å². The Balaban J connectivity index is 2.22. The quantitative estimate of drug-likeness (QED) is 0.439. The van der Waals surface area contributed by atoms with Gasteiger partial charge in [0.2, 0.25) is 5.91 Å². The predicted octanol–water partition coefficient (Wildman–Crippen LogP) is 0.0220. The zero-order chi connectivity index (χ0) is 10.1. The fraction of sp³-hybridized carbons (Fsp3) is 0.556. The number of esters is 1. The monoisotopic (exact) mass is 197 g/mol. The van der Waals surface area contributed by atoms with E-state index in [9.17, 15) is 9.59 Å². The SMILES string of the molecule is COC(=O)C1=CCCOC2CC(=O)N12. The van der Waals surface area contributed by atoms with Crippen molar-refractivity contribution in [1.82, 2.24) is 4.90 Å². The lowest BCUT2D eigenvalue weighted by Crippen LogP contribution is -2.53. The standard InChI is InChI=1S/C9H11NO4/c1-13-9(12)6-3-2-4-14-8-5-7(11)10(6)8/h3,8H,2,4-5H2,1H3. The second-order valence-electron chi connectivity index (χ2n) is 3.16. The Hall–Kier alpha value is -1.36. The van der Waals surface area contributed by atoms with Crippen LogP contribution in [0.2, 0.25) is 0 Å². The van der Waals surface area contributed by atoms with Crippen molar-refractivity contribution in [2.24, 2.45) is 0 Å². The molecule has 0 aromatic rings. The largest absolute Gasteiger partial charge is 0.464 e. The second-order valence-corrected chi connectivity index (χ2v) is 3.16. The average molecular weight is 197 g/mol. The number of carbonyl (C=O) groups is 2. The van der Waals surface area contributed by atoms with Gasteiger partial charge in [-0.1, -0.05) is 6.08 Å². The number of ether oxygens (including phenoxy) is 2. The van der Waals surface area contributed by atoms with Crippen LogP contribution >= 0.6 is 0 Å². The van der Waals surface area contributed by atoms with Crippen LogP contribution in [0.4, 0.5) is 0 Å². The van der Waals surface area contributed by atoms with E-state index in [0.717, 1.165) is 0 Å². The van der Waals surface area contributed by atoms with Crippen LogP contribution in [0.15, 0.2) is 11.8 Å². The lowest BCUT2D eigenvalue weighted by atomic mass is 10.1. The van der Waals surface area contributed by atoms with Gasteiger partial charge < -0.3 is 9.47 Å². The fourth-order valence-electron chi connectivity index (χ4n) is 1.59. The van der Waals surface area contributed by atoms with Crippen LogP contribution in [0.5, 0.6) is 0 Å². The molecule has 0 aromatic carbocycles. The number of amides is 1. The topological polar surface area (TPSA) is 55.8 Å². The summed E-state index contributed by atoms with van der Waals surface area (Å²) in [4.78, 5) is 23.9. The van der Waals surface area contributed by atoms with Crippen LogP contribution in [-0.2, 0) is 19.1 Å². The number of methoxy groups -OCH3 is 1. The van der Waals surface area contributed by atoms with Crippen molar-refractivity contribution in [3.63, 3.8) is 0 Å². The molecule has 1 fully saturated rings. The zero-order valence-corrected chi connectivity index (χ0v) is 7.86. The van der Waals surface area contributed by atoms with E-state index >= 15 is 0 Å². The Kier molecular flexibility index (Phi) is 2.25. The Bertz CT molecular complexity index is 310. The summed E-state index contributed by atoms with van der Waals surface area (Å²) >= 11 is 0. The summed E-state index contributed by atoms with van der Waals surface area (Å²) in [6, 6.07) is 0. The number of carbonyl (C=O) groups excluding carboxylic acids is 2. The molecule has 2 aliphatic heterocycles. The first-order chi connectivity index (χ1) is 6.74. The number of β-lactam (4-membered cyclic amide) rings is 1. The van der Waals surface area contributed by atoms with E-state index in [2.05, 4.69) is 4.74 Å². The van der Waals surface area contributed by atoms with E-state index in [-0.39, 0.29) is 12.1 Å². The lowest BCUT2D eigenvalue weighted by molar-refractivity contribution is -0.170. The summed E-state index contributed by atoms with van der Waals surface area (Å²) in [6.45, 7) is 0.537. The highest BCUT2D eigenvalue weighted by Crippen LogP contribution is 2.28. The Morgan fingerprint density at radius 2 is 2.50 bits per heavy atom. The van der Waals surface area contributed by atoms with Crippen molar-refractivity contribution in [3.8, 4) is 0 Å². The number of hydrogen-bond donors (Lipinski definition) is 0. The minimum Gasteiger partial charge on any atom is -0.464 e. The smallest absolute Gasteiger partial charge is 0.354 e.